The smallest absolute Gasteiger partial charge is 0.230 e. The molecule has 1 aliphatic carbocycles. The number of hydrogen-bond acceptors (Lipinski definition) is 3. The number of carbonyl (C=O) groups excluding carboxylic acids is 1. The van der Waals surface area contributed by atoms with Crippen LogP contribution in [0.25, 0.3) is 0 Å². The van der Waals surface area contributed by atoms with E-state index >= 15 is 0 Å². The van der Waals surface area contributed by atoms with E-state index in [-0.39, 0.29) is 11.5 Å². The minimum atomic E-state index is -0.0880. The van der Waals surface area contributed by atoms with Crippen LogP contribution in [0, 0.1) is 11.3 Å². The molecule has 0 spiro atoms. The Morgan fingerprint density at radius 3 is 3.00 bits per heavy atom. The number of hydrogen-bond donors (Lipinski definition) is 2. The zero-order valence-corrected chi connectivity index (χ0v) is 11.2. The van der Waals surface area contributed by atoms with Gasteiger partial charge in [0.2, 0.25) is 5.91 Å². The topological polar surface area (TPSA) is 58.4 Å². The average molecular weight is 251 g/mol. The fraction of sp³-hybridized carbons (Fsp3) is 0.929. The molecular weight excluding hydrogens is 226 g/mol. The summed E-state index contributed by atoms with van der Waals surface area (Å²) in [6.07, 6.45) is 6.94. The highest BCUT2D eigenvalue weighted by atomic mass is 16.2. The van der Waals surface area contributed by atoms with E-state index in [9.17, 15) is 4.79 Å². The van der Waals surface area contributed by atoms with Gasteiger partial charge in [-0.2, -0.15) is 0 Å². The van der Waals surface area contributed by atoms with Gasteiger partial charge in [0.15, 0.2) is 0 Å². The lowest BCUT2D eigenvalue weighted by Gasteiger charge is -2.42. The van der Waals surface area contributed by atoms with Crippen molar-refractivity contribution >= 4 is 5.91 Å². The summed E-state index contributed by atoms with van der Waals surface area (Å²) in [5, 5.41) is 3.46. The summed E-state index contributed by atoms with van der Waals surface area (Å²) in [6.45, 7) is 3.61. The zero-order valence-electron chi connectivity index (χ0n) is 11.2. The molecule has 2 heterocycles. The van der Waals surface area contributed by atoms with Crippen LogP contribution < -0.4 is 11.1 Å². The van der Waals surface area contributed by atoms with Gasteiger partial charge < -0.3 is 16.0 Å². The van der Waals surface area contributed by atoms with Gasteiger partial charge >= 0.3 is 0 Å². The Morgan fingerprint density at radius 2 is 2.17 bits per heavy atom. The fourth-order valence-corrected chi connectivity index (χ4v) is 4.18. The largest absolute Gasteiger partial charge is 0.341 e. The Kier molecular flexibility index (Phi) is 3.32. The average Bonchev–Trinajstić information content (AvgIpc) is 2.82. The summed E-state index contributed by atoms with van der Waals surface area (Å²) >= 11 is 0. The van der Waals surface area contributed by atoms with Gasteiger partial charge in [0.05, 0.1) is 5.41 Å². The maximum atomic E-state index is 12.9. The number of nitrogens with one attached hydrogen (secondary N) is 1. The molecule has 0 aromatic heterocycles. The molecule has 1 unspecified atom stereocenters. The molecule has 2 aliphatic heterocycles. The Hall–Kier alpha value is -0.610. The SMILES string of the molecule is NC1CCCN(C(=O)[C@@]23CCCC[C@H]2CNC3)C1. The second kappa shape index (κ2) is 4.82. The molecule has 0 bridgehead atoms. The highest BCUT2D eigenvalue weighted by Gasteiger charge is 2.51. The normalized spacial score (nSPS) is 40.6. The Labute approximate surface area is 109 Å². The first-order valence-electron chi connectivity index (χ1n) is 7.48. The minimum absolute atomic E-state index is 0.0880. The lowest BCUT2D eigenvalue weighted by molar-refractivity contribution is -0.146. The molecule has 3 N–H and O–H groups in total. The van der Waals surface area contributed by atoms with Crippen molar-refractivity contribution in [3.63, 3.8) is 0 Å². The zero-order chi connectivity index (χ0) is 12.6. The van der Waals surface area contributed by atoms with Crippen LogP contribution in [0.15, 0.2) is 0 Å². The molecule has 3 rings (SSSR count). The van der Waals surface area contributed by atoms with Crippen molar-refractivity contribution in [2.24, 2.45) is 17.1 Å². The quantitative estimate of drug-likeness (QED) is 0.722. The number of amides is 1. The number of piperidine rings is 1. The number of nitrogens with two attached hydrogens (primary N) is 1. The molecule has 4 nitrogen and oxygen atoms in total. The van der Waals surface area contributed by atoms with Crippen molar-refractivity contribution in [1.82, 2.24) is 10.2 Å². The van der Waals surface area contributed by atoms with Gasteiger partial charge in [0, 0.05) is 25.7 Å². The highest BCUT2D eigenvalue weighted by Crippen LogP contribution is 2.45. The lowest BCUT2D eigenvalue weighted by Crippen LogP contribution is -2.54. The van der Waals surface area contributed by atoms with Crippen LogP contribution in [0.4, 0.5) is 0 Å². The predicted octanol–water partition coefficient (Wildman–Crippen LogP) is 0.716. The van der Waals surface area contributed by atoms with Gasteiger partial charge in [-0.1, -0.05) is 12.8 Å². The fourth-order valence-electron chi connectivity index (χ4n) is 4.18. The third kappa shape index (κ3) is 1.95. The van der Waals surface area contributed by atoms with E-state index < -0.39 is 0 Å². The van der Waals surface area contributed by atoms with Crippen LogP contribution >= 0.6 is 0 Å². The van der Waals surface area contributed by atoms with Gasteiger partial charge in [-0.05, 0) is 38.1 Å². The minimum Gasteiger partial charge on any atom is -0.341 e. The van der Waals surface area contributed by atoms with E-state index in [1.807, 2.05) is 0 Å². The molecule has 3 atom stereocenters. The predicted molar refractivity (Wildman–Crippen MR) is 71.1 cm³/mol. The van der Waals surface area contributed by atoms with Crippen molar-refractivity contribution in [3.8, 4) is 0 Å². The van der Waals surface area contributed by atoms with Crippen LogP contribution in [0.2, 0.25) is 0 Å². The molecule has 0 radical (unpaired) electrons. The first-order valence-corrected chi connectivity index (χ1v) is 7.48. The lowest BCUT2D eigenvalue weighted by atomic mass is 9.67. The van der Waals surface area contributed by atoms with Crippen LogP contribution in [0.3, 0.4) is 0 Å². The van der Waals surface area contributed by atoms with E-state index in [1.165, 1.54) is 19.3 Å². The van der Waals surface area contributed by atoms with Crippen molar-refractivity contribution in [2.75, 3.05) is 26.2 Å². The number of fused-ring (bicyclic) bond motifs is 1. The molecular formula is C14H25N3O. The van der Waals surface area contributed by atoms with Crippen LogP contribution in [-0.2, 0) is 4.79 Å². The van der Waals surface area contributed by atoms with E-state index in [4.69, 9.17) is 5.73 Å². The van der Waals surface area contributed by atoms with E-state index in [0.717, 1.165) is 45.4 Å². The highest BCUT2D eigenvalue weighted by molar-refractivity contribution is 5.84. The van der Waals surface area contributed by atoms with E-state index in [0.29, 0.717) is 11.8 Å². The molecule has 3 fully saturated rings. The standard InChI is InChI=1S/C14H25N3O/c15-12-5-3-7-17(9-12)13(18)14-6-2-1-4-11(14)8-16-10-14/h11-12,16H,1-10,15H2/t11-,12?,14+/m0/s1. The molecule has 2 saturated heterocycles. The molecule has 1 amide bonds. The second-order valence-corrected chi connectivity index (χ2v) is 6.38. The number of carbonyl (C=O) groups is 1. The van der Waals surface area contributed by atoms with Gasteiger partial charge in [-0.15, -0.1) is 0 Å². The third-order valence-electron chi connectivity index (χ3n) is 5.21. The first-order chi connectivity index (χ1) is 8.72. The summed E-state index contributed by atoms with van der Waals surface area (Å²) in [7, 11) is 0. The van der Waals surface area contributed by atoms with Gasteiger partial charge in [0.1, 0.15) is 0 Å². The summed E-state index contributed by atoms with van der Waals surface area (Å²) in [5.41, 5.74) is 5.93. The van der Waals surface area contributed by atoms with Crippen LogP contribution in [0.5, 0.6) is 0 Å². The Balaban J connectivity index is 1.77. The van der Waals surface area contributed by atoms with E-state index in [2.05, 4.69) is 10.2 Å². The Morgan fingerprint density at radius 1 is 1.28 bits per heavy atom. The van der Waals surface area contributed by atoms with Crippen molar-refractivity contribution < 1.29 is 4.79 Å². The molecule has 0 aromatic rings. The van der Waals surface area contributed by atoms with Crippen LogP contribution in [-0.4, -0.2) is 43.0 Å². The van der Waals surface area contributed by atoms with Crippen molar-refractivity contribution in [3.05, 3.63) is 0 Å². The first kappa shape index (κ1) is 12.4. The van der Waals surface area contributed by atoms with Crippen molar-refractivity contribution in [2.45, 2.75) is 44.6 Å². The van der Waals surface area contributed by atoms with Gasteiger partial charge in [-0.3, -0.25) is 4.79 Å². The molecule has 3 aliphatic rings. The molecule has 102 valence electrons. The number of nitrogens with zero attached hydrogens (tertiary/aromatic N) is 1. The molecule has 4 heteroatoms. The third-order valence-corrected chi connectivity index (χ3v) is 5.21. The maximum absolute atomic E-state index is 12.9. The van der Waals surface area contributed by atoms with Gasteiger partial charge in [0.25, 0.3) is 0 Å². The summed E-state index contributed by atoms with van der Waals surface area (Å²) in [5.74, 6) is 0.962. The summed E-state index contributed by atoms with van der Waals surface area (Å²) < 4.78 is 0. The van der Waals surface area contributed by atoms with Crippen LogP contribution in [0.1, 0.15) is 38.5 Å². The van der Waals surface area contributed by atoms with Gasteiger partial charge in [-0.25, -0.2) is 0 Å². The van der Waals surface area contributed by atoms with Crippen molar-refractivity contribution in [1.29, 1.82) is 0 Å². The molecule has 1 saturated carbocycles. The number of likely N-dealkylation sites (tertiary alicyclic amines) is 1. The number of rotatable bonds is 1. The monoisotopic (exact) mass is 251 g/mol. The summed E-state index contributed by atoms with van der Waals surface area (Å²) in [4.78, 5) is 15.0. The Bertz CT molecular complexity index is 333. The second-order valence-electron chi connectivity index (χ2n) is 6.38. The molecule has 18 heavy (non-hydrogen) atoms. The maximum Gasteiger partial charge on any atom is 0.230 e. The summed E-state index contributed by atoms with van der Waals surface area (Å²) in [6, 6.07) is 0.190. The molecule has 0 aromatic carbocycles. The van der Waals surface area contributed by atoms with E-state index in [1.54, 1.807) is 0 Å².